The van der Waals surface area contributed by atoms with E-state index in [0.717, 1.165) is 19.4 Å². The van der Waals surface area contributed by atoms with E-state index in [1.54, 1.807) is 0 Å². The number of rotatable bonds is 6. The van der Waals surface area contributed by atoms with Crippen molar-refractivity contribution in [3.8, 4) is 0 Å². The molecule has 2 aromatic rings. The van der Waals surface area contributed by atoms with E-state index >= 15 is 0 Å². The topological polar surface area (TPSA) is 12.0 Å². The van der Waals surface area contributed by atoms with Crippen LogP contribution < -0.4 is 5.32 Å². The van der Waals surface area contributed by atoms with Gasteiger partial charge in [-0.2, -0.15) is 0 Å². The van der Waals surface area contributed by atoms with Crippen LogP contribution >= 0.6 is 0 Å². The molecule has 0 aliphatic heterocycles. The van der Waals surface area contributed by atoms with Crippen LogP contribution in [0.1, 0.15) is 34.7 Å². The Balaban J connectivity index is 2.18. The Morgan fingerprint density at radius 1 is 0.810 bits per heavy atom. The van der Waals surface area contributed by atoms with Crippen molar-refractivity contribution in [1.82, 2.24) is 5.32 Å². The minimum absolute atomic E-state index is 0.496. The van der Waals surface area contributed by atoms with Gasteiger partial charge in [0.15, 0.2) is 0 Å². The van der Waals surface area contributed by atoms with E-state index in [0.29, 0.717) is 6.04 Å². The van der Waals surface area contributed by atoms with E-state index in [2.05, 4.69) is 75.5 Å². The zero-order chi connectivity index (χ0) is 15.2. The number of aryl methyl sites for hydroxylation is 3. The fraction of sp³-hybridized carbons (Fsp3) is 0.400. The molecule has 0 aliphatic rings. The Kier molecular flexibility index (Phi) is 5.58. The monoisotopic (exact) mass is 281 g/mol. The number of nitrogens with one attached hydrogen (secondary N) is 1. The molecule has 0 aliphatic carbocycles. The average molecular weight is 281 g/mol. The van der Waals surface area contributed by atoms with Gasteiger partial charge >= 0.3 is 0 Å². The van der Waals surface area contributed by atoms with E-state index in [9.17, 15) is 0 Å². The van der Waals surface area contributed by atoms with Crippen LogP contribution in [0.15, 0.2) is 42.5 Å². The summed E-state index contributed by atoms with van der Waals surface area (Å²) in [6, 6.07) is 15.8. The Hall–Kier alpha value is -1.60. The highest BCUT2D eigenvalue weighted by Gasteiger charge is 2.13. The molecule has 1 unspecified atom stereocenters. The molecule has 0 fully saturated rings. The predicted molar refractivity (Wildman–Crippen MR) is 92.0 cm³/mol. The summed E-state index contributed by atoms with van der Waals surface area (Å²) in [5, 5.41) is 3.66. The predicted octanol–water partition coefficient (Wildman–Crippen LogP) is 4.38. The molecular weight excluding hydrogens is 254 g/mol. The molecule has 0 aromatic heterocycles. The molecule has 0 saturated heterocycles. The molecule has 1 nitrogen and oxygen atoms in total. The second kappa shape index (κ2) is 7.42. The molecule has 0 spiro atoms. The quantitative estimate of drug-likeness (QED) is 0.829. The number of hydrogen-bond donors (Lipinski definition) is 1. The lowest BCUT2D eigenvalue weighted by Gasteiger charge is -2.21. The summed E-state index contributed by atoms with van der Waals surface area (Å²) in [7, 11) is 0. The molecule has 0 saturated carbocycles. The van der Waals surface area contributed by atoms with E-state index < -0.39 is 0 Å². The SMILES string of the molecule is CCNC(Cc1ccccc1C)Cc1c(C)cccc1C. The first-order valence-electron chi connectivity index (χ1n) is 7.94. The highest BCUT2D eigenvalue weighted by atomic mass is 14.9. The smallest absolute Gasteiger partial charge is 0.0148 e. The maximum absolute atomic E-state index is 3.66. The number of likely N-dealkylation sites (N-methyl/N-ethyl adjacent to an activating group) is 1. The molecular formula is C20H27N. The van der Waals surface area contributed by atoms with Gasteiger partial charge in [0.05, 0.1) is 0 Å². The summed E-state index contributed by atoms with van der Waals surface area (Å²) in [6.45, 7) is 9.85. The first-order valence-corrected chi connectivity index (χ1v) is 7.94. The molecule has 2 rings (SSSR count). The Morgan fingerprint density at radius 2 is 1.43 bits per heavy atom. The van der Waals surface area contributed by atoms with Crippen molar-refractivity contribution in [3.05, 3.63) is 70.3 Å². The maximum atomic E-state index is 3.66. The molecule has 1 N–H and O–H groups in total. The molecule has 1 atom stereocenters. The van der Waals surface area contributed by atoms with E-state index in [1.165, 1.54) is 27.8 Å². The zero-order valence-electron chi connectivity index (χ0n) is 13.7. The Morgan fingerprint density at radius 3 is 2.05 bits per heavy atom. The minimum atomic E-state index is 0.496. The van der Waals surface area contributed by atoms with Crippen molar-refractivity contribution >= 4 is 0 Å². The molecule has 2 aromatic carbocycles. The number of benzene rings is 2. The Bertz CT molecular complexity index is 566. The minimum Gasteiger partial charge on any atom is -0.314 e. The third kappa shape index (κ3) is 4.18. The fourth-order valence-corrected chi connectivity index (χ4v) is 3.03. The van der Waals surface area contributed by atoms with Crippen LogP contribution in [0.25, 0.3) is 0 Å². The van der Waals surface area contributed by atoms with E-state index in [4.69, 9.17) is 0 Å². The van der Waals surface area contributed by atoms with Gasteiger partial charge in [-0.3, -0.25) is 0 Å². The van der Waals surface area contributed by atoms with Crippen LogP contribution in [0.5, 0.6) is 0 Å². The largest absolute Gasteiger partial charge is 0.314 e. The van der Waals surface area contributed by atoms with Gasteiger partial charge in [0.2, 0.25) is 0 Å². The summed E-state index contributed by atoms with van der Waals surface area (Å²) in [5.41, 5.74) is 7.15. The first kappa shape index (κ1) is 15.8. The summed E-state index contributed by atoms with van der Waals surface area (Å²) < 4.78 is 0. The lowest BCUT2D eigenvalue weighted by Crippen LogP contribution is -2.33. The van der Waals surface area contributed by atoms with Crippen molar-refractivity contribution in [2.45, 2.75) is 46.6 Å². The molecule has 0 radical (unpaired) electrons. The van der Waals surface area contributed by atoms with Crippen molar-refractivity contribution in [1.29, 1.82) is 0 Å². The van der Waals surface area contributed by atoms with Gasteiger partial charge in [-0.25, -0.2) is 0 Å². The van der Waals surface area contributed by atoms with Crippen molar-refractivity contribution < 1.29 is 0 Å². The van der Waals surface area contributed by atoms with Gasteiger partial charge in [-0.1, -0.05) is 49.4 Å². The van der Waals surface area contributed by atoms with Gasteiger partial charge in [0.25, 0.3) is 0 Å². The summed E-state index contributed by atoms with van der Waals surface area (Å²) in [5.74, 6) is 0. The third-order valence-electron chi connectivity index (χ3n) is 4.32. The molecule has 0 amide bonds. The molecule has 0 bridgehead atoms. The summed E-state index contributed by atoms with van der Waals surface area (Å²) in [4.78, 5) is 0. The normalized spacial score (nSPS) is 12.4. The van der Waals surface area contributed by atoms with Crippen LogP contribution in [0, 0.1) is 20.8 Å². The first-order chi connectivity index (χ1) is 10.1. The van der Waals surface area contributed by atoms with E-state index in [-0.39, 0.29) is 0 Å². The molecule has 1 heteroatoms. The van der Waals surface area contributed by atoms with Crippen molar-refractivity contribution in [2.75, 3.05) is 6.54 Å². The van der Waals surface area contributed by atoms with Crippen LogP contribution in [-0.4, -0.2) is 12.6 Å². The maximum Gasteiger partial charge on any atom is 0.0148 e. The second-order valence-corrected chi connectivity index (χ2v) is 5.96. The molecule has 21 heavy (non-hydrogen) atoms. The lowest BCUT2D eigenvalue weighted by atomic mass is 9.92. The van der Waals surface area contributed by atoms with Crippen LogP contribution in [0.2, 0.25) is 0 Å². The fourth-order valence-electron chi connectivity index (χ4n) is 3.03. The van der Waals surface area contributed by atoms with Crippen molar-refractivity contribution in [2.24, 2.45) is 0 Å². The van der Waals surface area contributed by atoms with Gasteiger partial charge < -0.3 is 5.32 Å². The summed E-state index contributed by atoms with van der Waals surface area (Å²) >= 11 is 0. The third-order valence-corrected chi connectivity index (χ3v) is 4.32. The zero-order valence-corrected chi connectivity index (χ0v) is 13.7. The molecule has 0 heterocycles. The average Bonchev–Trinajstić information content (AvgIpc) is 2.45. The van der Waals surface area contributed by atoms with E-state index in [1.807, 2.05) is 0 Å². The highest BCUT2D eigenvalue weighted by Crippen LogP contribution is 2.18. The van der Waals surface area contributed by atoms with Gasteiger partial charge in [-0.15, -0.1) is 0 Å². The van der Waals surface area contributed by atoms with Gasteiger partial charge in [-0.05, 0) is 68.0 Å². The standard InChI is InChI=1S/C20H27N/c1-5-21-19(13-18-12-7-6-9-15(18)2)14-20-16(3)10-8-11-17(20)4/h6-12,19,21H,5,13-14H2,1-4H3. The number of hydrogen-bond acceptors (Lipinski definition) is 1. The van der Waals surface area contributed by atoms with Gasteiger partial charge in [0, 0.05) is 6.04 Å². The molecule has 112 valence electrons. The highest BCUT2D eigenvalue weighted by molar-refractivity contribution is 5.35. The van der Waals surface area contributed by atoms with Gasteiger partial charge in [0.1, 0.15) is 0 Å². The van der Waals surface area contributed by atoms with Crippen LogP contribution in [0.4, 0.5) is 0 Å². The van der Waals surface area contributed by atoms with Crippen LogP contribution in [0.3, 0.4) is 0 Å². The Labute approximate surface area is 129 Å². The van der Waals surface area contributed by atoms with Crippen molar-refractivity contribution in [3.63, 3.8) is 0 Å². The van der Waals surface area contributed by atoms with Crippen LogP contribution in [-0.2, 0) is 12.8 Å². The second-order valence-electron chi connectivity index (χ2n) is 5.96. The summed E-state index contributed by atoms with van der Waals surface area (Å²) in [6.07, 6.45) is 2.19. The lowest BCUT2D eigenvalue weighted by molar-refractivity contribution is 0.519.